The van der Waals surface area contributed by atoms with E-state index in [1.807, 2.05) is 19.1 Å². The zero-order valence-electron chi connectivity index (χ0n) is 9.92. The van der Waals surface area contributed by atoms with Crippen molar-refractivity contribution in [2.24, 2.45) is 11.0 Å². The number of carbonyl (C=O) groups excluding carboxylic acids is 1. The average molecular weight is 233 g/mol. The summed E-state index contributed by atoms with van der Waals surface area (Å²) in [4.78, 5) is 16.3. The minimum absolute atomic E-state index is 0.0155. The number of hydrazone groups is 1. The van der Waals surface area contributed by atoms with Gasteiger partial charge in [0.2, 0.25) is 0 Å². The molecule has 1 amide bonds. The molecule has 5 nitrogen and oxygen atoms in total. The monoisotopic (exact) mass is 233 g/mol. The lowest BCUT2D eigenvalue weighted by Gasteiger charge is -2.13. The zero-order chi connectivity index (χ0) is 12.4. The number of carbonyl (C=O) groups is 1. The molecule has 1 aliphatic heterocycles. The molecule has 0 bridgehead atoms. The zero-order valence-corrected chi connectivity index (χ0v) is 9.92. The van der Waals surface area contributed by atoms with E-state index in [9.17, 15) is 4.79 Å². The average Bonchev–Trinajstić information content (AvgIpc) is 2.57. The molecule has 1 aromatic rings. The van der Waals surface area contributed by atoms with Gasteiger partial charge in [-0.25, -0.2) is 4.98 Å². The number of hydrogen-bond acceptors (Lipinski definition) is 4. The third-order valence-corrected chi connectivity index (χ3v) is 2.78. The summed E-state index contributed by atoms with van der Waals surface area (Å²) < 4.78 is 0. The lowest BCUT2D eigenvalue weighted by Crippen LogP contribution is -2.28. The maximum absolute atomic E-state index is 12.1. The molecule has 1 atom stereocenters. The number of aliphatic hydroxyl groups excluding tert-OH is 1. The molecule has 5 heteroatoms. The normalized spacial score (nSPS) is 19.7. The van der Waals surface area contributed by atoms with Crippen LogP contribution in [-0.2, 0) is 4.79 Å². The maximum Gasteiger partial charge on any atom is 0.257 e. The summed E-state index contributed by atoms with van der Waals surface area (Å²) in [5, 5.41) is 14.5. The number of aromatic nitrogens is 1. The molecule has 2 rings (SSSR count). The van der Waals surface area contributed by atoms with Gasteiger partial charge in [-0.3, -0.25) is 4.79 Å². The van der Waals surface area contributed by atoms with Gasteiger partial charge >= 0.3 is 0 Å². The van der Waals surface area contributed by atoms with Crippen molar-refractivity contribution in [3.05, 3.63) is 23.9 Å². The second-order valence-electron chi connectivity index (χ2n) is 4.09. The van der Waals surface area contributed by atoms with Crippen LogP contribution in [0.1, 0.15) is 19.0 Å². The number of nitrogens with zero attached hydrogens (tertiary/aromatic N) is 3. The molecule has 0 aromatic carbocycles. The first-order valence-corrected chi connectivity index (χ1v) is 5.57. The number of aryl methyl sites for hydroxylation is 1. The molecular weight excluding hydrogens is 218 g/mol. The maximum atomic E-state index is 12.1. The lowest BCUT2D eigenvalue weighted by atomic mass is 10.0. The minimum Gasteiger partial charge on any atom is -0.396 e. The van der Waals surface area contributed by atoms with Crippen molar-refractivity contribution in [2.75, 3.05) is 11.6 Å². The molecule has 1 unspecified atom stereocenters. The first-order valence-electron chi connectivity index (χ1n) is 5.57. The van der Waals surface area contributed by atoms with Gasteiger partial charge in [-0.2, -0.15) is 10.1 Å². The summed E-state index contributed by atoms with van der Waals surface area (Å²) in [7, 11) is 0. The van der Waals surface area contributed by atoms with Crippen LogP contribution in [0, 0.1) is 12.8 Å². The van der Waals surface area contributed by atoms with E-state index in [0.717, 1.165) is 11.4 Å². The topological polar surface area (TPSA) is 65.8 Å². The van der Waals surface area contributed by atoms with E-state index in [1.165, 1.54) is 5.01 Å². The SMILES string of the molecule is CC1=NN(c2cccc(C)n2)C(=O)C1CCO. The van der Waals surface area contributed by atoms with E-state index in [4.69, 9.17) is 5.11 Å². The highest BCUT2D eigenvalue weighted by Gasteiger charge is 2.34. The van der Waals surface area contributed by atoms with Crippen LogP contribution in [0.5, 0.6) is 0 Å². The molecule has 0 aliphatic carbocycles. The van der Waals surface area contributed by atoms with E-state index in [-0.39, 0.29) is 18.4 Å². The van der Waals surface area contributed by atoms with Crippen LogP contribution in [0.25, 0.3) is 0 Å². The number of rotatable bonds is 3. The van der Waals surface area contributed by atoms with E-state index >= 15 is 0 Å². The predicted octanol–water partition coefficient (Wildman–Crippen LogP) is 1.11. The van der Waals surface area contributed by atoms with Crippen molar-refractivity contribution in [3.8, 4) is 0 Å². The van der Waals surface area contributed by atoms with Crippen LogP contribution in [-0.4, -0.2) is 28.3 Å². The Hall–Kier alpha value is -1.75. The Bertz CT molecular complexity index is 471. The lowest BCUT2D eigenvalue weighted by molar-refractivity contribution is -0.120. The van der Waals surface area contributed by atoms with Crippen molar-refractivity contribution in [1.29, 1.82) is 0 Å². The highest BCUT2D eigenvalue weighted by atomic mass is 16.3. The van der Waals surface area contributed by atoms with Crippen molar-refractivity contribution >= 4 is 17.4 Å². The molecule has 90 valence electrons. The molecule has 1 aliphatic rings. The summed E-state index contributed by atoms with van der Waals surface area (Å²) >= 11 is 0. The molecule has 17 heavy (non-hydrogen) atoms. The molecule has 2 heterocycles. The van der Waals surface area contributed by atoms with Gasteiger partial charge in [0.05, 0.1) is 5.92 Å². The third kappa shape index (κ3) is 2.19. The van der Waals surface area contributed by atoms with Crippen LogP contribution >= 0.6 is 0 Å². The molecule has 1 aromatic heterocycles. The molecular formula is C12H15N3O2. The molecule has 1 N–H and O–H groups in total. The van der Waals surface area contributed by atoms with E-state index in [0.29, 0.717) is 12.2 Å². The van der Waals surface area contributed by atoms with Crippen molar-refractivity contribution < 1.29 is 9.90 Å². The Morgan fingerprint density at radius 3 is 2.82 bits per heavy atom. The summed E-state index contributed by atoms with van der Waals surface area (Å²) in [5.41, 5.74) is 1.57. The van der Waals surface area contributed by atoms with E-state index in [1.54, 1.807) is 13.0 Å². The van der Waals surface area contributed by atoms with Gasteiger partial charge in [0.25, 0.3) is 5.91 Å². The van der Waals surface area contributed by atoms with Crippen LogP contribution in [0.4, 0.5) is 5.82 Å². The van der Waals surface area contributed by atoms with E-state index < -0.39 is 0 Å². The number of pyridine rings is 1. The second kappa shape index (κ2) is 4.63. The summed E-state index contributed by atoms with van der Waals surface area (Å²) in [6, 6.07) is 5.46. The van der Waals surface area contributed by atoms with E-state index in [2.05, 4.69) is 10.1 Å². The van der Waals surface area contributed by atoms with Crippen molar-refractivity contribution in [1.82, 2.24) is 4.98 Å². The fourth-order valence-electron chi connectivity index (χ4n) is 1.88. The molecule has 0 saturated carbocycles. The fourth-order valence-corrected chi connectivity index (χ4v) is 1.88. The van der Waals surface area contributed by atoms with Crippen LogP contribution < -0.4 is 5.01 Å². The van der Waals surface area contributed by atoms with Gasteiger partial charge in [0.1, 0.15) is 0 Å². The molecule has 0 spiro atoms. The Morgan fingerprint density at radius 1 is 1.41 bits per heavy atom. The van der Waals surface area contributed by atoms with Crippen molar-refractivity contribution in [3.63, 3.8) is 0 Å². The Kier molecular flexibility index (Phi) is 3.19. The summed E-state index contributed by atoms with van der Waals surface area (Å²) in [6.07, 6.45) is 0.413. The first-order chi connectivity index (χ1) is 8.13. The Morgan fingerprint density at radius 2 is 2.18 bits per heavy atom. The third-order valence-electron chi connectivity index (χ3n) is 2.78. The quantitative estimate of drug-likeness (QED) is 0.850. The number of aliphatic hydroxyl groups is 1. The van der Waals surface area contributed by atoms with Gasteiger partial charge < -0.3 is 5.11 Å². The second-order valence-corrected chi connectivity index (χ2v) is 4.09. The summed E-state index contributed by atoms with van der Waals surface area (Å²) in [6.45, 7) is 3.65. The Balaban J connectivity index is 2.27. The van der Waals surface area contributed by atoms with Crippen molar-refractivity contribution in [2.45, 2.75) is 20.3 Å². The summed E-state index contributed by atoms with van der Waals surface area (Å²) in [5.74, 6) is 0.103. The van der Waals surface area contributed by atoms with Gasteiger partial charge in [-0.05, 0) is 32.4 Å². The number of hydrogen-bond donors (Lipinski definition) is 1. The fraction of sp³-hybridized carbons (Fsp3) is 0.417. The van der Waals surface area contributed by atoms with Crippen LogP contribution in [0.2, 0.25) is 0 Å². The molecule has 0 fully saturated rings. The van der Waals surface area contributed by atoms with Gasteiger partial charge in [0, 0.05) is 18.0 Å². The smallest absolute Gasteiger partial charge is 0.257 e. The Labute approximate surface area is 99.8 Å². The largest absolute Gasteiger partial charge is 0.396 e. The van der Waals surface area contributed by atoms with Gasteiger partial charge in [0.15, 0.2) is 5.82 Å². The standard InChI is InChI=1S/C12H15N3O2/c1-8-4-3-5-11(13-8)15-12(17)10(6-7-16)9(2)14-15/h3-5,10,16H,6-7H2,1-2H3. The highest BCUT2D eigenvalue weighted by Crippen LogP contribution is 2.23. The van der Waals surface area contributed by atoms with Crippen LogP contribution in [0.3, 0.4) is 0 Å². The molecule has 0 radical (unpaired) electrons. The van der Waals surface area contributed by atoms with Gasteiger partial charge in [-0.15, -0.1) is 0 Å². The first kappa shape index (κ1) is 11.7. The number of anilines is 1. The van der Waals surface area contributed by atoms with Gasteiger partial charge in [-0.1, -0.05) is 6.07 Å². The van der Waals surface area contributed by atoms with Crippen LogP contribution in [0.15, 0.2) is 23.3 Å². The highest BCUT2D eigenvalue weighted by molar-refractivity contribution is 6.14. The minimum atomic E-state index is -0.317. The predicted molar refractivity (Wildman–Crippen MR) is 64.8 cm³/mol. The number of amides is 1. The molecule has 0 saturated heterocycles.